The topological polar surface area (TPSA) is 85.8 Å². The highest BCUT2D eigenvalue weighted by Gasteiger charge is 2.25. The first-order valence-electron chi connectivity index (χ1n) is 12.2. The average molecular weight is 562 g/mol. The lowest BCUT2D eigenvalue weighted by molar-refractivity contribution is 0.254. The van der Waals surface area contributed by atoms with Crippen LogP contribution in [0.15, 0.2) is 39.2 Å². The highest BCUT2D eigenvalue weighted by atomic mass is 32.1. The van der Waals surface area contributed by atoms with Crippen molar-refractivity contribution in [2.45, 2.75) is 26.0 Å². The number of hydrogen-bond donors (Lipinski definition) is 1. The molecule has 0 aliphatic heterocycles. The summed E-state index contributed by atoms with van der Waals surface area (Å²) in [6.07, 6.45) is 2.02. The number of nitrogens with one attached hydrogen (secondary N) is 1. The Kier molecular flexibility index (Phi) is 7.41. The van der Waals surface area contributed by atoms with Gasteiger partial charge in [-0.05, 0) is 55.9 Å². The number of thiophene rings is 1. The quantitative estimate of drug-likeness (QED) is 0.305. The highest BCUT2D eigenvalue weighted by Crippen LogP contribution is 2.35. The summed E-state index contributed by atoms with van der Waals surface area (Å²) in [5.41, 5.74) is -1.40. The largest absolute Gasteiger partial charge is 0.493 e. The van der Waals surface area contributed by atoms with Crippen LogP contribution in [0.3, 0.4) is 0 Å². The zero-order chi connectivity index (χ0) is 27.8. The molecule has 0 bridgehead atoms. The Labute approximate surface area is 225 Å². The molecule has 4 aromatic rings. The van der Waals surface area contributed by atoms with Crippen molar-refractivity contribution in [2.24, 2.45) is 5.92 Å². The van der Waals surface area contributed by atoms with Crippen molar-refractivity contribution >= 4 is 21.6 Å². The first-order chi connectivity index (χ1) is 18.7. The molecule has 2 aromatic heterocycles. The van der Waals surface area contributed by atoms with Crippen molar-refractivity contribution < 1.29 is 27.4 Å². The van der Waals surface area contributed by atoms with E-state index in [9.17, 15) is 18.4 Å². The molecule has 1 saturated carbocycles. The third-order valence-corrected chi connectivity index (χ3v) is 7.31. The maximum absolute atomic E-state index is 15.2. The zero-order valence-electron chi connectivity index (χ0n) is 21.5. The number of ether oxygens (including phenoxy) is 3. The fraction of sp³-hybridized carbons (Fsp3) is 0.333. The lowest BCUT2D eigenvalue weighted by Crippen LogP contribution is -2.34. The van der Waals surface area contributed by atoms with Crippen LogP contribution in [0.5, 0.6) is 17.2 Å². The van der Waals surface area contributed by atoms with Crippen LogP contribution < -0.4 is 25.5 Å². The van der Waals surface area contributed by atoms with Gasteiger partial charge in [0.15, 0.2) is 29.0 Å². The minimum absolute atomic E-state index is 0.0668. The van der Waals surface area contributed by atoms with Gasteiger partial charge in [0, 0.05) is 18.7 Å². The molecule has 0 unspecified atom stereocenters. The summed E-state index contributed by atoms with van der Waals surface area (Å²) in [6.45, 7) is 0.326. The van der Waals surface area contributed by atoms with E-state index in [1.807, 2.05) is 19.0 Å². The number of aromatic nitrogens is 2. The Morgan fingerprint density at radius 3 is 2.51 bits per heavy atom. The van der Waals surface area contributed by atoms with Gasteiger partial charge in [0.25, 0.3) is 5.56 Å². The monoisotopic (exact) mass is 561 g/mol. The van der Waals surface area contributed by atoms with E-state index in [1.165, 1.54) is 24.5 Å². The van der Waals surface area contributed by atoms with Crippen LogP contribution in [0.2, 0.25) is 0 Å². The number of methoxy groups -OCH3 is 1. The molecule has 12 heteroatoms. The average Bonchev–Trinajstić information content (AvgIpc) is 3.64. The standard InChI is InChI=1S/C27H26F3N3O5S/c1-32(2)10-15-13-39-25-23(15)26(34)33(27(35)31-25)19-9-22(21(36-3)8-18(19)29)38-12-16-20(37-11-14-4-5-14)7-6-17(28)24(16)30/h6-9,13-14H,4-5,10-12H2,1-3H3,(H,31,35). The minimum Gasteiger partial charge on any atom is -0.493 e. The van der Waals surface area contributed by atoms with Gasteiger partial charge in [0.1, 0.15) is 17.2 Å². The Bertz CT molecular complexity index is 1660. The van der Waals surface area contributed by atoms with E-state index in [0.29, 0.717) is 34.0 Å². The second-order valence-electron chi connectivity index (χ2n) is 9.61. The smallest absolute Gasteiger partial charge is 0.334 e. The normalized spacial score (nSPS) is 13.3. The summed E-state index contributed by atoms with van der Waals surface area (Å²) in [5, 5.41) is 2.03. The fourth-order valence-corrected chi connectivity index (χ4v) is 5.14. The van der Waals surface area contributed by atoms with Gasteiger partial charge < -0.3 is 19.1 Å². The van der Waals surface area contributed by atoms with Gasteiger partial charge in [-0.1, -0.05) is 0 Å². The van der Waals surface area contributed by atoms with Crippen molar-refractivity contribution in [3.63, 3.8) is 0 Å². The molecule has 39 heavy (non-hydrogen) atoms. The van der Waals surface area contributed by atoms with Gasteiger partial charge in [0.2, 0.25) is 0 Å². The summed E-state index contributed by atoms with van der Waals surface area (Å²) in [6, 6.07) is 4.38. The Balaban J connectivity index is 1.54. The molecule has 206 valence electrons. The second-order valence-corrected chi connectivity index (χ2v) is 10.5. The first-order valence-corrected chi connectivity index (χ1v) is 13.1. The van der Waals surface area contributed by atoms with Crippen LogP contribution in [0, 0.1) is 23.4 Å². The van der Waals surface area contributed by atoms with Crippen LogP contribution in [0.4, 0.5) is 13.2 Å². The summed E-state index contributed by atoms with van der Waals surface area (Å²) >= 11 is 1.21. The number of benzene rings is 2. The lowest BCUT2D eigenvalue weighted by atomic mass is 10.2. The predicted molar refractivity (Wildman–Crippen MR) is 141 cm³/mol. The van der Waals surface area contributed by atoms with Crippen molar-refractivity contribution in [3.05, 3.63) is 79.1 Å². The Morgan fingerprint density at radius 1 is 1.05 bits per heavy atom. The van der Waals surface area contributed by atoms with Crippen LogP contribution in [0.25, 0.3) is 15.9 Å². The van der Waals surface area contributed by atoms with Gasteiger partial charge in [-0.15, -0.1) is 11.3 Å². The summed E-state index contributed by atoms with van der Waals surface area (Å²) in [4.78, 5) is 31.2. The molecule has 1 fully saturated rings. The molecular formula is C27H26F3N3O5S. The SMILES string of the molecule is COc1cc(F)c(-n2c(=O)[nH]c3scc(CN(C)C)c3c2=O)cc1OCc1c(OCC2CC2)ccc(F)c1F. The van der Waals surface area contributed by atoms with Crippen LogP contribution in [-0.2, 0) is 13.2 Å². The van der Waals surface area contributed by atoms with Crippen LogP contribution in [-0.4, -0.2) is 42.3 Å². The van der Waals surface area contributed by atoms with Crippen LogP contribution in [0.1, 0.15) is 24.0 Å². The zero-order valence-corrected chi connectivity index (χ0v) is 22.3. The van der Waals surface area contributed by atoms with Crippen LogP contribution >= 0.6 is 11.3 Å². The minimum atomic E-state index is -1.13. The number of fused-ring (bicyclic) bond motifs is 1. The van der Waals surface area contributed by atoms with E-state index in [1.54, 1.807) is 5.38 Å². The summed E-state index contributed by atoms with van der Waals surface area (Å²) in [7, 11) is 4.95. The molecule has 0 saturated heterocycles. The maximum atomic E-state index is 15.2. The number of rotatable bonds is 10. The number of aromatic amines is 1. The molecule has 2 heterocycles. The molecule has 0 amide bonds. The predicted octanol–water partition coefficient (Wildman–Crippen LogP) is 4.60. The molecule has 0 spiro atoms. The molecule has 0 radical (unpaired) electrons. The Morgan fingerprint density at radius 2 is 1.82 bits per heavy atom. The van der Waals surface area contributed by atoms with E-state index in [0.717, 1.165) is 31.0 Å². The summed E-state index contributed by atoms with van der Waals surface area (Å²) < 4.78 is 61.3. The molecule has 8 nitrogen and oxygen atoms in total. The van der Waals surface area contributed by atoms with Gasteiger partial charge >= 0.3 is 5.69 Å². The van der Waals surface area contributed by atoms with E-state index < -0.39 is 35.3 Å². The highest BCUT2D eigenvalue weighted by molar-refractivity contribution is 7.16. The number of H-pyrrole nitrogens is 1. The van der Waals surface area contributed by atoms with Gasteiger partial charge in [-0.25, -0.2) is 22.5 Å². The van der Waals surface area contributed by atoms with Crippen molar-refractivity contribution in [1.29, 1.82) is 0 Å². The van der Waals surface area contributed by atoms with Gasteiger partial charge in [-0.3, -0.25) is 9.78 Å². The molecule has 5 rings (SSSR count). The second kappa shape index (κ2) is 10.8. The number of hydrogen-bond acceptors (Lipinski definition) is 7. The third-order valence-electron chi connectivity index (χ3n) is 6.36. The van der Waals surface area contributed by atoms with Crippen molar-refractivity contribution in [2.75, 3.05) is 27.8 Å². The molecular weight excluding hydrogens is 535 g/mol. The third kappa shape index (κ3) is 5.39. The first kappa shape index (κ1) is 26.8. The number of nitrogens with zero attached hydrogens (tertiary/aromatic N) is 2. The van der Waals surface area contributed by atoms with E-state index in [4.69, 9.17) is 14.2 Å². The summed E-state index contributed by atoms with van der Waals surface area (Å²) in [5.74, 6) is -2.77. The van der Waals surface area contributed by atoms with Gasteiger partial charge in [0.05, 0.1) is 30.4 Å². The lowest BCUT2D eigenvalue weighted by Gasteiger charge is -2.16. The number of halogens is 3. The Hall–Kier alpha value is -3.77. The van der Waals surface area contributed by atoms with E-state index in [-0.39, 0.29) is 33.9 Å². The molecule has 1 aliphatic rings. The molecule has 1 N–H and O–H groups in total. The van der Waals surface area contributed by atoms with Gasteiger partial charge in [-0.2, -0.15) is 0 Å². The molecule has 0 atom stereocenters. The van der Waals surface area contributed by atoms with Crippen molar-refractivity contribution in [1.82, 2.24) is 14.5 Å². The van der Waals surface area contributed by atoms with Crippen molar-refractivity contribution in [3.8, 4) is 22.9 Å². The maximum Gasteiger partial charge on any atom is 0.334 e. The fourth-order valence-electron chi connectivity index (χ4n) is 4.21. The molecule has 1 aliphatic carbocycles. The molecule has 2 aromatic carbocycles. The van der Waals surface area contributed by atoms with E-state index >= 15 is 4.39 Å². The van der Waals surface area contributed by atoms with E-state index in [2.05, 4.69) is 4.98 Å².